The van der Waals surface area contributed by atoms with Gasteiger partial charge in [-0.15, -0.1) is 0 Å². The zero-order chi connectivity index (χ0) is 14.7. The van der Waals surface area contributed by atoms with Crippen LogP contribution in [0.15, 0.2) is 42.5 Å². The molecule has 1 atom stereocenters. The fourth-order valence-electron chi connectivity index (χ4n) is 2.19. The predicted molar refractivity (Wildman–Crippen MR) is 82.6 cm³/mol. The van der Waals surface area contributed by atoms with E-state index in [0.717, 1.165) is 5.56 Å². The molecule has 0 aliphatic heterocycles. The molecule has 0 saturated carbocycles. The molecule has 0 fully saturated rings. The van der Waals surface area contributed by atoms with E-state index in [0.29, 0.717) is 22.9 Å². The van der Waals surface area contributed by atoms with E-state index in [1.165, 1.54) is 11.6 Å². The molecule has 20 heavy (non-hydrogen) atoms. The molecule has 3 heteroatoms. The Kier molecular flexibility index (Phi) is 4.79. The summed E-state index contributed by atoms with van der Waals surface area (Å²) in [4.78, 5) is 0. The van der Waals surface area contributed by atoms with E-state index in [4.69, 9.17) is 17.3 Å². The summed E-state index contributed by atoms with van der Waals surface area (Å²) >= 11 is 6.03. The van der Waals surface area contributed by atoms with Gasteiger partial charge in [0.05, 0.1) is 0 Å². The monoisotopic (exact) mass is 291 g/mol. The largest absolute Gasteiger partial charge is 0.324 e. The maximum absolute atomic E-state index is 13.8. The Labute approximate surface area is 124 Å². The first-order chi connectivity index (χ1) is 9.49. The number of nitrogens with two attached hydrogens (primary N) is 1. The third-order valence-corrected chi connectivity index (χ3v) is 3.87. The molecule has 0 heterocycles. The Morgan fingerprint density at radius 1 is 1.05 bits per heavy atom. The summed E-state index contributed by atoms with van der Waals surface area (Å²) in [5.74, 6) is 0.188. The van der Waals surface area contributed by atoms with Gasteiger partial charge in [-0.1, -0.05) is 55.8 Å². The fraction of sp³-hybridized carbons (Fsp3) is 0.294. The van der Waals surface area contributed by atoms with Crippen LogP contribution in [-0.2, 0) is 6.42 Å². The number of rotatable bonds is 4. The van der Waals surface area contributed by atoms with Crippen molar-refractivity contribution in [3.05, 3.63) is 70.0 Å². The lowest BCUT2D eigenvalue weighted by Gasteiger charge is -2.15. The molecule has 0 spiro atoms. The zero-order valence-electron chi connectivity index (χ0n) is 11.7. The predicted octanol–water partition coefficient (Wildman–Crippen LogP) is 4.85. The second-order valence-electron chi connectivity index (χ2n) is 5.33. The molecule has 1 unspecified atom stereocenters. The van der Waals surface area contributed by atoms with Gasteiger partial charge in [-0.05, 0) is 35.6 Å². The van der Waals surface area contributed by atoms with E-state index in [2.05, 4.69) is 26.0 Å². The standard InChI is InChI=1S/C17H19ClFN/c1-11(2)12-6-8-13(9-7-12)17(20)10-14-15(18)4-3-5-16(14)19/h3-9,11,17H,10,20H2,1-2H3. The molecule has 0 amide bonds. The van der Waals surface area contributed by atoms with Gasteiger partial charge in [0.2, 0.25) is 0 Å². The Morgan fingerprint density at radius 3 is 2.20 bits per heavy atom. The normalized spacial score (nSPS) is 12.7. The topological polar surface area (TPSA) is 26.0 Å². The van der Waals surface area contributed by atoms with Crippen molar-refractivity contribution in [1.29, 1.82) is 0 Å². The first-order valence-corrected chi connectivity index (χ1v) is 7.15. The van der Waals surface area contributed by atoms with Crippen LogP contribution in [0.4, 0.5) is 4.39 Å². The van der Waals surface area contributed by atoms with Crippen molar-refractivity contribution in [3.8, 4) is 0 Å². The van der Waals surface area contributed by atoms with E-state index < -0.39 is 0 Å². The van der Waals surface area contributed by atoms with E-state index >= 15 is 0 Å². The van der Waals surface area contributed by atoms with Gasteiger partial charge in [0, 0.05) is 16.6 Å². The molecule has 0 aromatic heterocycles. The van der Waals surface area contributed by atoms with Crippen LogP contribution in [-0.4, -0.2) is 0 Å². The first kappa shape index (κ1) is 15.0. The highest BCUT2D eigenvalue weighted by atomic mass is 35.5. The average Bonchev–Trinajstić information content (AvgIpc) is 2.43. The van der Waals surface area contributed by atoms with Crippen LogP contribution in [0.1, 0.15) is 42.5 Å². The van der Waals surface area contributed by atoms with Gasteiger partial charge in [-0.25, -0.2) is 4.39 Å². The molecule has 0 bridgehead atoms. The Bertz CT molecular complexity index is 558. The van der Waals surface area contributed by atoms with Crippen LogP contribution in [0.25, 0.3) is 0 Å². The van der Waals surface area contributed by atoms with E-state index in [1.807, 2.05) is 12.1 Å². The molecule has 0 saturated heterocycles. The summed E-state index contributed by atoms with van der Waals surface area (Å²) in [6, 6.07) is 12.6. The molecule has 106 valence electrons. The SMILES string of the molecule is CC(C)c1ccc(C(N)Cc2c(F)cccc2Cl)cc1. The fourth-order valence-corrected chi connectivity index (χ4v) is 2.43. The lowest BCUT2D eigenvalue weighted by atomic mass is 9.96. The Morgan fingerprint density at radius 2 is 1.65 bits per heavy atom. The third-order valence-electron chi connectivity index (χ3n) is 3.52. The third kappa shape index (κ3) is 3.38. The lowest BCUT2D eigenvalue weighted by Crippen LogP contribution is -2.14. The highest BCUT2D eigenvalue weighted by molar-refractivity contribution is 6.31. The van der Waals surface area contributed by atoms with Crippen molar-refractivity contribution in [2.24, 2.45) is 5.73 Å². The molecule has 0 aliphatic carbocycles. The van der Waals surface area contributed by atoms with Crippen molar-refractivity contribution >= 4 is 11.6 Å². The molecular formula is C17H19ClFN. The molecular weight excluding hydrogens is 273 g/mol. The minimum absolute atomic E-state index is 0.259. The quantitative estimate of drug-likeness (QED) is 0.856. The highest BCUT2D eigenvalue weighted by Crippen LogP contribution is 2.25. The van der Waals surface area contributed by atoms with Crippen LogP contribution >= 0.6 is 11.6 Å². The number of benzene rings is 2. The van der Waals surface area contributed by atoms with Gasteiger partial charge >= 0.3 is 0 Å². The van der Waals surface area contributed by atoms with Gasteiger partial charge in [0.15, 0.2) is 0 Å². The molecule has 0 radical (unpaired) electrons. The number of halogens is 2. The lowest BCUT2D eigenvalue weighted by molar-refractivity contribution is 0.593. The Balaban J connectivity index is 2.17. The number of hydrogen-bond donors (Lipinski definition) is 1. The van der Waals surface area contributed by atoms with Crippen LogP contribution in [0.3, 0.4) is 0 Å². The number of hydrogen-bond acceptors (Lipinski definition) is 1. The van der Waals surface area contributed by atoms with Gasteiger partial charge in [-0.2, -0.15) is 0 Å². The van der Waals surface area contributed by atoms with Gasteiger partial charge in [0.1, 0.15) is 5.82 Å². The van der Waals surface area contributed by atoms with Crippen molar-refractivity contribution in [3.63, 3.8) is 0 Å². The summed E-state index contributed by atoms with van der Waals surface area (Å²) < 4.78 is 13.8. The van der Waals surface area contributed by atoms with Crippen LogP contribution in [0.2, 0.25) is 5.02 Å². The first-order valence-electron chi connectivity index (χ1n) is 6.77. The minimum Gasteiger partial charge on any atom is -0.324 e. The molecule has 2 aromatic carbocycles. The van der Waals surface area contributed by atoms with E-state index in [-0.39, 0.29) is 11.9 Å². The van der Waals surface area contributed by atoms with Crippen molar-refractivity contribution in [1.82, 2.24) is 0 Å². The second kappa shape index (κ2) is 6.38. The smallest absolute Gasteiger partial charge is 0.127 e. The summed E-state index contributed by atoms with van der Waals surface area (Å²) in [5.41, 5.74) is 8.91. The Hall–Kier alpha value is -1.38. The minimum atomic E-state index is -0.299. The van der Waals surface area contributed by atoms with Gasteiger partial charge < -0.3 is 5.73 Å². The highest BCUT2D eigenvalue weighted by Gasteiger charge is 2.13. The molecule has 2 aromatic rings. The maximum Gasteiger partial charge on any atom is 0.127 e. The summed E-state index contributed by atoms with van der Waals surface area (Å²) in [6.07, 6.45) is 0.395. The van der Waals surface area contributed by atoms with Crippen LogP contribution in [0.5, 0.6) is 0 Å². The van der Waals surface area contributed by atoms with E-state index in [9.17, 15) is 4.39 Å². The van der Waals surface area contributed by atoms with Crippen molar-refractivity contribution in [2.75, 3.05) is 0 Å². The summed E-state index contributed by atoms with van der Waals surface area (Å²) in [7, 11) is 0. The zero-order valence-corrected chi connectivity index (χ0v) is 12.5. The maximum atomic E-state index is 13.8. The molecule has 1 nitrogen and oxygen atoms in total. The van der Waals surface area contributed by atoms with Gasteiger partial charge in [-0.3, -0.25) is 0 Å². The summed E-state index contributed by atoms with van der Waals surface area (Å²) in [6.45, 7) is 4.29. The van der Waals surface area contributed by atoms with Crippen LogP contribution in [0, 0.1) is 5.82 Å². The van der Waals surface area contributed by atoms with Crippen molar-refractivity contribution in [2.45, 2.75) is 32.2 Å². The van der Waals surface area contributed by atoms with E-state index in [1.54, 1.807) is 12.1 Å². The molecule has 2 N–H and O–H groups in total. The van der Waals surface area contributed by atoms with Crippen molar-refractivity contribution < 1.29 is 4.39 Å². The molecule has 0 aliphatic rings. The van der Waals surface area contributed by atoms with Gasteiger partial charge in [0.25, 0.3) is 0 Å². The second-order valence-corrected chi connectivity index (χ2v) is 5.74. The summed E-state index contributed by atoms with van der Waals surface area (Å²) in [5, 5.41) is 0.430. The molecule has 2 rings (SSSR count). The van der Waals surface area contributed by atoms with Crippen LogP contribution < -0.4 is 5.73 Å². The average molecular weight is 292 g/mol.